The molecule has 3 heterocycles. The number of hydrogen-bond donors (Lipinski definition) is 1. The van der Waals surface area contributed by atoms with Gasteiger partial charge in [-0.2, -0.15) is 4.98 Å². The minimum atomic E-state index is -0.424. The molecule has 0 unspecified atom stereocenters. The monoisotopic (exact) mass is 363 g/mol. The molecule has 0 saturated heterocycles. The average Bonchev–Trinajstić information content (AvgIpc) is 3.27. The second kappa shape index (κ2) is 6.30. The number of nitrogens with zero attached hydrogens (tertiary/aromatic N) is 4. The maximum absolute atomic E-state index is 11.9. The molecule has 7 nitrogen and oxygen atoms in total. The summed E-state index contributed by atoms with van der Waals surface area (Å²) in [6.07, 6.45) is 5.78. The van der Waals surface area contributed by atoms with Crippen molar-refractivity contribution < 1.29 is 4.52 Å². The lowest BCUT2D eigenvalue weighted by Gasteiger charge is -2.17. The van der Waals surface area contributed by atoms with Crippen LogP contribution in [0.15, 0.2) is 27.0 Å². The Balaban J connectivity index is 1.40. The molecule has 2 N–H and O–H groups in total. The number of aromatic nitrogens is 4. The third kappa shape index (κ3) is 2.99. The summed E-state index contributed by atoms with van der Waals surface area (Å²) in [5, 5.41) is 5.91. The zero-order valence-corrected chi connectivity index (χ0v) is 14.6. The molecule has 3 aromatic heterocycles. The van der Waals surface area contributed by atoms with E-state index in [4.69, 9.17) is 10.3 Å². The highest BCUT2D eigenvalue weighted by molar-refractivity contribution is 7.97. The van der Waals surface area contributed by atoms with Gasteiger partial charge in [0.15, 0.2) is 10.8 Å². The van der Waals surface area contributed by atoms with Gasteiger partial charge in [0.1, 0.15) is 0 Å². The van der Waals surface area contributed by atoms with E-state index in [1.54, 1.807) is 28.4 Å². The molecule has 1 aliphatic carbocycles. The molecule has 1 aliphatic rings. The SMILES string of the molecule is NC1(c2noc(CSCc3cc(=O)n4ccsc4n3)n2)CCCC1. The van der Waals surface area contributed by atoms with Crippen molar-refractivity contribution in [1.29, 1.82) is 0 Å². The van der Waals surface area contributed by atoms with Crippen molar-refractivity contribution in [2.75, 3.05) is 0 Å². The quantitative estimate of drug-likeness (QED) is 0.742. The van der Waals surface area contributed by atoms with E-state index in [-0.39, 0.29) is 5.56 Å². The van der Waals surface area contributed by atoms with Crippen LogP contribution in [0.4, 0.5) is 0 Å². The normalized spacial score (nSPS) is 16.9. The fourth-order valence-electron chi connectivity index (χ4n) is 2.95. The van der Waals surface area contributed by atoms with Gasteiger partial charge in [0.05, 0.1) is 17.0 Å². The number of rotatable bonds is 5. The van der Waals surface area contributed by atoms with Crippen molar-refractivity contribution in [3.8, 4) is 0 Å². The first kappa shape index (κ1) is 15.8. The van der Waals surface area contributed by atoms with Crippen molar-refractivity contribution in [1.82, 2.24) is 19.5 Å². The van der Waals surface area contributed by atoms with Crippen LogP contribution in [0.1, 0.15) is 43.1 Å². The number of thioether (sulfide) groups is 1. The lowest BCUT2D eigenvalue weighted by Crippen LogP contribution is -2.34. The van der Waals surface area contributed by atoms with Gasteiger partial charge < -0.3 is 10.3 Å². The van der Waals surface area contributed by atoms with Crippen molar-refractivity contribution >= 4 is 28.1 Å². The fourth-order valence-corrected chi connectivity index (χ4v) is 4.44. The molecule has 0 spiro atoms. The van der Waals surface area contributed by atoms with Crippen LogP contribution in [0.3, 0.4) is 0 Å². The highest BCUT2D eigenvalue weighted by atomic mass is 32.2. The van der Waals surface area contributed by atoms with Gasteiger partial charge in [-0.1, -0.05) is 18.0 Å². The summed E-state index contributed by atoms with van der Waals surface area (Å²) < 4.78 is 6.86. The maximum atomic E-state index is 11.9. The molecule has 0 amide bonds. The molecule has 0 aliphatic heterocycles. The zero-order chi connectivity index (χ0) is 16.6. The van der Waals surface area contributed by atoms with Crippen LogP contribution in [-0.4, -0.2) is 19.5 Å². The van der Waals surface area contributed by atoms with Gasteiger partial charge in [0.2, 0.25) is 5.89 Å². The van der Waals surface area contributed by atoms with Crippen LogP contribution in [0.25, 0.3) is 4.96 Å². The predicted molar refractivity (Wildman–Crippen MR) is 93.0 cm³/mol. The smallest absolute Gasteiger partial charge is 0.258 e. The standard InChI is InChI=1S/C15H17N5O2S2/c16-15(3-1-2-4-15)13-18-11(22-19-13)9-23-8-10-7-12(21)20-5-6-24-14(20)17-10/h5-7H,1-4,8-9,16H2. The Morgan fingerprint density at radius 2 is 2.17 bits per heavy atom. The summed E-state index contributed by atoms with van der Waals surface area (Å²) in [6, 6.07) is 1.57. The van der Waals surface area contributed by atoms with E-state index < -0.39 is 5.54 Å². The van der Waals surface area contributed by atoms with Crippen LogP contribution in [-0.2, 0) is 17.0 Å². The van der Waals surface area contributed by atoms with E-state index in [2.05, 4.69) is 15.1 Å². The molecular weight excluding hydrogens is 346 g/mol. The van der Waals surface area contributed by atoms with E-state index in [0.29, 0.717) is 28.2 Å². The number of hydrogen-bond acceptors (Lipinski definition) is 8. The molecule has 9 heteroatoms. The summed E-state index contributed by atoms with van der Waals surface area (Å²) >= 11 is 3.04. The van der Waals surface area contributed by atoms with Gasteiger partial charge >= 0.3 is 0 Å². The van der Waals surface area contributed by atoms with Crippen molar-refractivity contribution in [2.24, 2.45) is 5.73 Å². The predicted octanol–water partition coefficient (Wildman–Crippen LogP) is 2.30. The Labute approximate surface area is 146 Å². The van der Waals surface area contributed by atoms with E-state index in [1.807, 2.05) is 5.38 Å². The van der Waals surface area contributed by atoms with Crippen molar-refractivity contribution in [3.05, 3.63) is 45.4 Å². The first-order chi connectivity index (χ1) is 11.6. The molecule has 0 bridgehead atoms. The fraction of sp³-hybridized carbons (Fsp3) is 0.467. The summed E-state index contributed by atoms with van der Waals surface area (Å²) in [7, 11) is 0. The third-order valence-electron chi connectivity index (χ3n) is 4.24. The summed E-state index contributed by atoms with van der Waals surface area (Å²) in [6.45, 7) is 0. The second-order valence-corrected chi connectivity index (χ2v) is 7.87. The van der Waals surface area contributed by atoms with Gasteiger partial charge in [-0.3, -0.25) is 9.20 Å². The van der Waals surface area contributed by atoms with E-state index in [1.165, 1.54) is 11.3 Å². The van der Waals surface area contributed by atoms with Crippen LogP contribution in [0, 0.1) is 0 Å². The summed E-state index contributed by atoms with van der Waals surface area (Å²) in [5.41, 5.74) is 6.62. The maximum Gasteiger partial charge on any atom is 0.258 e. The first-order valence-corrected chi connectivity index (χ1v) is 9.83. The van der Waals surface area contributed by atoms with E-state index in [9.17, 15) is 4.79 Å². The van der Waals surface area contributed by atoms with Gasteiger partial charge in [0, 0.05) is 23.4 Å². The molecule has 3 aromatic rings. The highest BCUT2D eigenvalue weighted by Gasteiger charge is 2.35. The first-order valence-electron chi connectivity index (χ1n) is 7.80. The molecule has 0 radical (unpaired) electrons. The average molecular weight is 363 g/mol. The molecule has 4 rings (SSSR count). The lowest BCUT2D eigenvalue weighted by molar-refractivity contribution is 0.355. The molecule has 1 fully saturated rings. The molecule has 24 heavy (non-hydrogen) atoms. The Morgan fingerprint density at radius 3 is 3.00 bits per heavy atom. The number of fused-ring (bicyclic) bond motifs is 1. The number of nitrogens with two attached hydrogens (primary N) is 1. The molecule has 0 atom stereocenters. The summed E-state index contributed by atoms with van der Waals surface area (Å²) in [4.78, 5) is 21.6. The minimum Gasteiger partial charge on any atom is -0.338 e. The van der Waals surface area contributed by atoms with Gasteiger partial charge in [-0.15, -0.1) is 23.1 Å². The van der Waals surface area contributed by atoms with Crippen molar-refractivity contribution in [2.45, 2.75) is 42.7 Å². The van der Waals surface area contributed by atoms with E-state index >= 15 is 0 Å². The molecule has 1 saturated carbocycles. The molecular formula is C15H17N5O2S2. The Bertz CT molecular complexity index is 910. The zero-order valence-electron chi connectivity index (χ0n) is 13.0. The number of thiazole rings is 1. The lowest BCUT2D eigenvalue weighted by atomic mass is 9.99. The second-order valence-electron chi connectivity index (χ2n) is 6.01. The van der Waals surface area contributed by atoms with Crippen LogP contribution < -0.4 is 11.3 Å². The van der Waals surface area contributed by atoms with Crippen LogP contribution in [0.2, 0.25) is 0 Å². The van der Waals surface area contributed by atoms with Gasteiger partial charge in [0.25, 0.3) is 5.56 Å². The third-order valence-corrected chi connectivity index (χ3v) is 5.95. The van der Waals surface area contributed by atoms with Crippen LogP contribution >= 0.6 is 23.1 Å². The van der Waals surface area contributed by atoms with Gasteiger partial charge in [-0.25, -0.2) is 4.98 Å². The largest absolute Gasteiger partial charge is 0.338 e. The topological polar surface area (TPSA) is 99.3 Å². The highest BCUT2D eigenvalue weighted by Crippen LogP contribution is 2.34. The van der Waals surface area contributed by atoms with Gasteiger partial charge in [-0.05, 0) is 12.8 Å². The van der Waals surface area contributed by atoms with Crippen molar-refractivity contribution in [3.63, 3.8) is 0 Å². The molecule has 0 aromatic carbocycles. The molecule has 126 valence electrons. The Kier molecular flexibility index (Phi) is 4.15. The van der Waals surface area contributed by atoms with E-state index in [0.717, 1.165) is 31.4 Å². The Hall–Kier alpha value is -1.71. The Morgan fingerprint density at radius 1 is 1.33 bits per heavy atom. The summed E-state index contributed by atoms with van der Waals surface area (Å²) in [5.74, 6) is 2.39. The minimum absolute atomic E-state index is 0.0526. The van der Waals surface area contributed by atoms with Crippen LogP contribution in [0.5, 0.6) is 0 Å².